The van der Waals surface area contributed by atoms with Crippen LogP contribution < -0.4 is 4.74 Å². The summed E-state index contributed by atoms with van der Waals surface area (Å²) in [6, 6.07) is 1.29. The predicted molar refractivity (Wildman–Crippen MR) is 56.0 cm³/mol. The third-order valence-electron chi connectivity index (χ3n) is 1.70. The molecule has 0 atom stereocenters. The van der Waals surface area contributed by atoms with Gasteiger partial charge in [0.05, 0.1) is 24.2 Å². The molecule has 6 nitrogen and oxygen atoms in total. The molecule has 1 rings (SSSR count). The summed E-state index contributed by atoms with van der Waals surface area (Å²) in [5, 5.41) is 19.1. The zero-order valence-electron chi connectivity index (χ0n) is 8.64. The van der Waals surface area contributed by atoms with E-state index in [1.807, 2.05) is 0 Å². The Balaban J connectivity index is 3.08. The lowest BCUT2D eigenvalue weighted by atomic mass is 10.2. The molecule has 0 aliphatic rings. The second-order valence-electron chi connectivity index (χ2n) is 2.78. The lowest BCUT2D eigenvalue weighted by Crippen LogP contribution is -1.95. The summed E-state index contributed by atoms with van der Waals surface area (Å²) in [6.45, 7) is -0.0579. The fourth-order valence-electron chi connectivity index (χ4n) is 1.01. The number of hydrogen-bond acceptors (Lipinski definition) is 5. The van der Waals surface area contributed by atoms with Crippen LogP contribution in [-0.4, -0.2) is 28.7 Å². The average Bonchev–Trinajstić information content (AvgIpc) is 2.29. The van der Waals surface area contributed by atoms with Gasteiger partial charge in [-0.3, -0.25) is 10.1 Å². The highest BCUT2D eigenvalue weighted by molar-refractivity contribution is 5.47. The molecule has 1 N–H and O–H groups in total. The van der Waals surface area contributed by atoms with Crippen molar-refractivity contribution in [2.45, 2.75) is 6.42 Å². The molecular formula is C10H10N2O4. The van der Waals surface area contributed by atoms with Crippen molar-refractivity contribution >= 4 is 5.69 Å². The van der Waals surface area contributed by atoms with Crippen LogP contribution in [0.4, 0.5) is 5.69 Å². The number of aliphatic hydroxyl groups excluding tert-OH is 1. The fourth-order valence-corrected chi connectivity index (χ4v) is 1.01. The van der Waals surface area contributed by atoms with Crippen molar-refractivity contribution in [1.29, 1.82) is 0 Å². The molecule has 0 saturated heterocycles. The quantitative estimate of drug-likeness (QED) is 0.463. The van der Waals surface area contributed by atoms with Gasteiger partial charge in [-0.2, -0.15) is 0 Å². The topological polar surface area (TPSA) is 85.5 Å². The Morgan fingerprint density at radius 3 is 3.00 bits per heavy atom. The number of methoxy groups -OCH3 is 1. The lowest BCUT2D eigenvalue weighted by molar-refractivity contribution is -0.385. The van der Waals surface area contributed by atoms with Crippen LogP contribution in [0.15, 0.2) is 12.3 Å². The lowest BCUT2D eigenvalue weighted by Gasteiger charge is -2.00. The monoisotopic (exact) mass is 222 g/mol. The van der Waals surface area contributed by atoms with Crippen LogP contribution in [0.1, 0.15) is 12.0 Å². The molecule has 16 heavy (non-hydrogen) atoms. The minimum absolute atomic E-state index is 0.0579. The number of hydrogen-bond donors (Lipinski definition) is 1. The van der Waals surface area contributed by atoms with Gasteiger partial charge in [0, 0.05) is 12.5 Å². The molecule has 0 saturated carbocycles. The Hall–Kier alpha value is -2.13. The van der Waals surface area contributed by atoms with Crippen molar-refractivity contribution < 1.29 is 14.8 Å². The predicted octanol–water partition coefficient (Wildman–Crippen LogP) is 0.732. The Bertz CT molecular complexity index is 448. The first-order valence-corrected chi connectivity index (χ1v) is 4.47. The molecule has 1 aromatic rings. The third-order valence-corrected chi connectivity index (χ3v) is 1.70. The summed E-state index contributed by atoms with van der Waals surface area (Å²) < 4.78 is 4.91. The van der Waals surface area contributed by atoms with Crippen LogP contribution in [-0.2, 0) is 0 Å². The van der Waals surface area contributed by atoms with Gasteiger partial charge in [-0.1, -0.05) is 11.8 Å². The molecule has 1 aromatic heterocycles. The van der Waals surface area contributed by atoms with Crippen LogP contribution in [0.2, 0.25) is 0 Å². The highest BCUT2D eigenvalue weighted by atomic mass is 16.6. The summed E-state index contributed by atoms with van der Waals surface area (Å²) in [5.41, 5.74) is 0.194. The molecule has 0 unspecified atom stereocenters. The molecule has 0 radical (unpaired) electrons. The molecule has 84 valence electrons. The molecule has 0 amide bonds. The van der Waals surface area contributed by atoms with Crippen molar-refractivity contribution in [3.63, 3.8) is 0 Å². The van der Waals surface area contributed by atoms with Crippen molar-refractivity contribution in [3.05, 3.63) is 27.9 Å². The number of rotatable bonds is 3. The van der Waals surface area contributed by atoms with E-state index in [0.29, 0.717) is 12.0 Å². The number of ether oxygens (including phenoxy) is 1. The molecule has 6 heteroatoms. The van der Waals surface area contributed by atoms with Crippen LogP contribution in [0.25, 0.3) is 0 Å². The minimum atomic E-state index is -0.552. The van der Waals surface area contributed by atoms with E-state index in [-0.39, 0.29) is 18.2 Å². The van der Waals surface area contributed by atoms with E-state index in [4.69, 9.17) is 9.84 Å². The van der Waals surface area contributed by atoms with E-state index < -0.39 is 4.92 Å². The van der Waals surface area contributed by atoms with E-state index in [0.717, 1.165) is 6.20 Å². The van der Waals surface area contributed by atoms with Crippen LogP contribution in [0.5, 0.6) is 5.88 Å². The molecule has 0 bridgehead atoms. The van der Waals surface area contributed by atoms with Gasteiger partial charge in [-0.05, 0) is 0 Å². The first-order chi connectivity index (χ1) is 7.69. The van der Waals surface area contributed by atoms with Gasteiger partial charge >= 0.3 is 0 Å². The standard InChI is InChI=1S/C10H10N2O4/c1-16-10-8(4-2-3-5-13)6-9(7-11-10)12(14)15/h6-7,13H,3,5H2,1H3. The smallest absolute Gasteiger partial charge is 0.289 e. The van der Waals surface area contributed by atoms with Crippen LogP contribution in [0, 0.1) is 22.0 Å². The molecule has 0 aromatic carbocycles. The summed E-state index contributed by atoms with van der Waals surface area (Å²) in [4.78, 5) is 13.7. The first-order valence-electron chi connectivity index (χ1n) is 4.47. The highest BCUT2D eigenvalue weighted by Gasteiger charge is 2.10. The maximum Gasteiger partial charge on any atom is 0.289 e. The summed E-state index contributed by atoms with van der Waals surface area (Å²) in [7, 11) is 1.41. The Morgan fingerprint density at radius 2 is 2.44 bits per heavy atom. The summed E-state index contributed by atoms with van der Waals surface area (Å²) >= 11 is 0. The number of nitrogens with zero attached hydrogens (tertiary/aromatic N) is 2. The van der Waals surface area contributed by atoms with Gasteiger partial charge in [-0.25, -0.2) is 4.98 Å². The van der Waals surface area contributed by atoms with Gasteiger partial charge in [0.15, 0.2) is 0 Å². The maximum absolute atomic E-state index is 10.5. The minimum Gasteiger partial charge on any atom is -0.480 e. The molecule has 1 heterocycles. The zero-order chi connectivity index (χ0) is 12.0. The third kappa shape index (κ3) is 2.93. The van der Waals surface area contributed by atoms with Gasteiger partial charge in [0.1, 0.15) is 6.20 Å². The summed E-state index contributed by atoms with van der Waals surface area (Å²) in [5.74, 6) is 5.54. The van der Waals surface area contributed by atoms with Gasteiger partial charge < -0.3 is 9.84 Å². The van der Waals surface area contributed by atoms with E-state index >= 15 is 0 Å². The SMILES string of the molecule is COc1ncc([N+](=O)[O-])cc1C#CCCO. The number of aromatic nitrogens is 1. The Morgan fingerprint density at radius 1 is 1.69 bits per heavy atom. The molecule has 0 spiro atoms. The van der Waals surface area contributed by atoms with E-state index in [9.17, 15) is 10.1 Å². The average molecular weight is 222 g/mol. The number of aliphatic hydroxyl groups is 1. The molecule has 0 aliphatic heterocycles. The first kappa shape index (κ1) is 11.9. The van der Waals surface area contributed by atoms with Crippen LogP contribution in [0.3, 0.4) is 0 Å². The van der Waals surface area contributed by atoms with E-state index in [1.54, 1.807) is 0 Å². The zero-order valence-corrected chi connectivity index (χ0v) is 8.64. The largest absolute Gasteiger partial charge is 0.480 e. The highest BCUT2D eigenvalue weighted by Crippen LogP contribution is 2.19. The normalized spacial score (nSPS) is 9.12. The fraction of sp³-hybridized carbons (Fsp3) is 0.300. The van der Waals surface area contributed by atoms with Gasteiger partial charge in [0.2, 0.25) is 5.88 Å². The van der Waals surface area contributed by atoms with E-state index in [2.05, 4.69) is 16.8 Å². The van der Waals surface area contributed by atoms with E-state index in [1.165, 1.54) is 13.2 Å². The van der Waals surface area contributed by atoms with Crippen molar-refractivity contribution in [2.75, 3.05) is 13.7 Å². The van der Waals surface area contributed by atoms with Crippen LogP contribution >= 0.6 is 0 Å². The molecule has 0 aliphatic carbocycles. The van der Waals surface area contributed by atoms with Crippen molar-refractivity contribution in [1.82, 2.24) is 4.98 Å². The second-order valence-corrected chi connectivity index (χ2v) is 2.78. The molecule has 0 fully saturated rings. The Labute approximate surface area is 92.0 Å². The second kappa shape index (κ2) is 5.68. The summed E-state index contributed by atoms with van der Waals surface area (Å²) in [6.07, 6.45) is 1.40. The van der Waals surface area contributed by atoms with Gasteiger partial charge in [-0.15, -0.1) is 0 Å². The Kier molecular flexibility index (Phi) is 4.24. The molecular weight excluding hydrogens is 212 g/mol. The van der Waals surface area contributed by atoms with Gasteiger partial charge in [0.25, 0.3) is 5.69 Å². The number of pyridine rings is 1. The van der Waals surface area contributed by atoms with Crippen molar-refractivity contribution in [3.8, 4) is 17.7 Å². The maximum atomic E-state index is 10.5. The number of nitro groups is 1. The van der Waals surface area contributed by atoms with Crippen molar-refractivity contribution in [2.24, 2.45) is 0 Å².